The average Bonchev–Trinajstić information content (AvgIpc) is 3.38. The maximum absolute atomic E-state index is 12.8. The van der Waals surface area contributed by atoms with Crippen molar-refractivity contribution in [1.82, 2.24) is 24.8 Å². The molecule has 3 aromatic rings. The van der Waals surface area contributed by atoms with Gasteiger partial charge in [0, 0.05) is 42.4 Å². The lowest BCUT2D eigenvalue weighted by molar-refractivity contribution is -0.125. The molecule has 1 saturated carbocycles. The summed E-state index contributed by atoms with van der Waals surface area (Å²) in [5.74, 6) is 0.188. The summed E-state index contributed by atoms with van der Waals surface area (Å²) in [6.45, 7) is 1.57. The standard InChI is InChI=1S/C22H26Cl2N8O2/c1-34-8-14-13(7-32-11-29-17-19(25)27-10-28-20(17)32)18(16(24)6-15(14)23)31-5-4-22(26,9-31)21(33)30-12-2-3-12/h6,10-12H,2-5,7-9,26H2,1H3,(H,30,33)(H2,25,27,28)/t22-/m1/s1. The number of fused-ring (bicyclic) bond motifs is 1. The van der Waals surface area contributed by atoms with Crippen molar-refractivity contribution in [1.29, 1.82) is 0 Å². The van der Waals surface area contributed by atoms with E-state index < -0.39 is 5.54 Å². The predicted molar refractivity (Wildman–Crippen MR) is 131 cm³/mol. The van der Waals surface area contributed by atoms with Crippen LogP contribution in [0.25, 0.3) is 11.2 Å². The molecule has 34 heavy (non-hydrogen) atoms. The fourth-order valence-electron chi connectivity index (χ4n) is 4.46. The third kappa shape index (κ3) is 4.15. The summed E-state index contributed by atoms with van der Waals surface area (Å²) in [7, 11) is 1.61. The number of nitrogens with two attached hydrogens (primary N) is 2. The molecule has 5 N–H and O–H groups in total. The number of nitrogen functional groups attached to an aromatic ring is 1. The highest BCUT2D eigenvalue weighted by Crippen LogP contribution is 2.41. The summed E-state index contributed by atoms with van der Waals surface area (Å²) in [5.41, 5.74) is 15.1. The fourth-order valence-corrected chi connectivity index (χ4v) is 5.14. The molecule has 1 aliphatic carbocycles. The van der Waals surface area contributed by atoms with Gasteiger partial charge in [-0.25, -0.2) is 15.0 Å². The molecular weight excluding hydrogens is 479 g/mol. The van der Waals surface area contributed by atoms with Gasteiger partial charge in [-0.2, -0.15) is 0 Å². The van der Waals surface area contributed by atoms with Crippen LogP contribution in [0.4, 0.5) is 11.5 Å². The molecule has 5 rings (SSSR count). The van der Waals surface area contributed by atoms with Gasteiger partial charge in [0.25, 0.3) is 0 Å². The number of hydrogen-bond acceptors (Lipinski definition) is 8. The maximum Gasteiger partial charge on any atom is 0.242 e. The summed E-state index contributed by atoms with van der Waals surface area (Å²) in [4.78, 5) is 27.6. The first kappa shape index (κ1) is 23.1. The van der Waals surface area contributed by atoms with Crippen molar-refractivity contribution in [2.45, 2.75) is 44.0 Å². The summed E-state index contributed by atoms with van der Waals surface area (Å²) < 4.78 is 7.32. The SMILES string of the molecule is COCc1c(Cl)cc(Cl)c(N2CC[C@](N)(C(=O)NC3CC3)C2)c1Cn1cnc2c(N)ncnc21. The van der Waals surface area contributed by atoms with E-state index in [0.29, 0.717) is 53.1 Å². The topological polar surface area (TPSA) is 137 Å². The molecule has 0 radical (unpaired) electrons. The summed E-state index contributed by atoms with van der Waals surface area (Å²) in [6, 6.07) is 1.96. The number of ether oxygens (including phenoxy) is 1. The summed E-state index contributed by atoms with van der Waals surface area (Å²) in [6.07, 6.45) is 5.59. The molecule has 2 fully saturated rings. The zero-order valence-corrected chi connectivity index (χ0v) is 20.2. The van der Waals surface area contributed by atoms with Crippen molar-refractivity contribution >= 4 is 51.8 Å². The molecule has 0 bridgehead atoms. The Balaban J connectivity index is 1.55. The number of amides is 1. The number of methoxy groups -OCH3 is 1. The number of rotatable bonds is 7. The van der Waals surface area contributed by atoms with Crippen LogP contribution in [-0.2, 0) is 22.7 Å². The van der Waals surface area contributed by atoms with Crippen LogP contribution >= 0.6 is 23.2 Å². The molecule has 2 aliphatic rings. The minimum atomic E-state index is -0.992. The number of nitrogens with one attached hydrogen (secondary N) is 1. The average molecular weight is 505 g/mol. The second-order valence-corrected chi connectivity index (χ2v) is 9.77. The quantitative estimate of drug-likeness (QED) is 0.444. The van der Waals surface area contributed by atoms with E-state index in [9.17, 15) is 4.79 Å². The maximum atomic E-state index is 12.8. The summed E-state index contributed by atoms with van der Waals surface area (Å²) >= 11 is 13.4. The normalized spacial score (nSPS) is 20.3. The molecule has 1 aliphatic heterocycles. The minimum absolute atomic E-state index is 0.117. The number of imidazole rings is 1. The lowest BCUT2D eigenvalue weighted by atomic mass is 9.99. The van der Waals surface area contributed by atoms with Crippen LogP contribution in [0.5, 0.6) is 0 Å². The Morgan fingerprint density at radius 3 is 2.79 bits per heavy atom. The first-order chi connectivity index (χ1) is 16.3. The molecule has 1 amide bonds. The van der Waals surface area contributed by atoms with Crippen LogP contribution in [-0.4, -0.2) is 57.2 Å². The number of nitrogens with zero attached hydrogens (tertiary/aromatic N) is 5. The zero-order valence-electron chi connectivity index (χ0n) is 18.7. The van der Waals surface area contributed by atoms with E-state index in [-0.39, 0.29) is 18.6 Å². The van der Waals surface area contributed by atoms with Crippen molar-refractivity contribution < 1.29 is 9.53 Å². The van der Waals surface area contributed by atoms with E-state index in [0.717, 1.165) is 29.7 Å². The van der Waals surface area contributed by atoms with Gasteiger partial charge in [0.05, 0.1) is 30.2 Å². The number of carbonyl (C=O) groups excluding carboxylic acids is 1. The van der Waals surface area contributed by atoms with Gasteiger partial charge in [0.2, 0.25) is 5.91 Å². The molecular formula is C22H26Cl2N8O2. The van der Waals surface area contributed by atoms with Crippen LogP contribution < -0.4 is 21.7 Å². The molecule has 0 spiro atoms. The predicted octanol–water partition coefficient (Wildman–Crippen LogP) is 2.10. The highest BCUT2D eigenvalue weighted by atomic mass is 35.5. The Kier molecular flexibility index (Phi) is 6.01. The van der Waals surface area contributed by atoms with Gasteiger partial charge in [0.15, 0.2) is 11.5 Å². The van der Waals surface area contributed by atoms with Crippen LogP contribution in [0.3, 0.4) is 0 Å². The number of anilines is 2. The molecule has 180 valence electrons. The molecule has 1 saturated heterocycles. The lowest BCUT2D eigenvalue weighted by Crippen LogP contribution is -2.56. The van der Waals surface area contributed by atoms with Gasteiger partial charge in [-0.05, 0) is 25.3 Å². The number of halogens is 2. The van der Waals surface area contributed by atoms with Crippen molar-refractivity contribution in [2.24, 2.45) is 5.73 Å². The molecule has 12 heteroatoms. The van der Waals surface area contributed by atoms with Gasteiger partial charge in [-0.15, -0.1) is 0 Å². The highest BCUT2D eigenvalue weighted by molar-refractivity contribution is 6.37. The zero-order chi connectivity index (χ0) is 24.0. The number of hydrogen-bond donors (Lipinski definition) is 3. The molecule has 3 heterocycles. The molecule has 2 aromatic heterocycles. The Bertz CT molecular complexity index is 1260. The van der Waals surface area contributed by atoms with E-state index in [4.69, 9.17) is 39.4 Å². The molecule has 0 unspecified atom stereocenters. The van der Waals surface area contributed by atoms with Crippen molar-refractivity contribution in [2.75, 3.05) is 30.8 Å². The molecule has 1 aromatic carbocycles. The molecule has 10 nitrogen and oxygen atoms in total. The number of aromatic nitrogens is 4. The Labute approximate surface area is 206 Å². The van der Waals surface area contributed by atoms with Gasteiger partial charge in [-0.1, -0.05) is 23.2 Å². The largest absolute Gasteiger partial charge is 0.382 e. The first-order valence-corrected chi connectivity index (χ1v) is 11.8. The van der Waals surface area contributed by atoms with Crippen LogP contribution in [0.1, 0.15) is 30.4 Å². The number of carbonyl (C=O) groups is 1. The fraction of sp³-hybridized carbons (Fsp3) is 0.455. The van der Waals surface area contributed by atoms with E-state index >= 15 is 0 Å². The Morgan fingerprint density at radius 2 is 2.06 bits per heavy atom. The van der Waals surface area contributed by atoms with Crippen LogP contribution in [0, 0.1) is 0 Å². The summed E-state index contributed by atoms with van der Waals surface area (Å²) in [5, 5.41) is 4.01. The van der Waals surface area contributed by atoms with Gasteiger partial charge < -0.3 is 31.0 Å². The Morgan fingerprint density at radius 1 is 1.26 bits per heavy atom. The monoisotopic (exact) mass is 504 g/mol. The van der Waals surface area contributed by atoms with Gasteiger partial charge in [-0.3, -0.25) is 4.79 Å². The van der Waals surface area contributed by atoms with Crippen molar-refractivity contribution in [3.63, 3.8) is 0 Å². The van der Waals surface area contributed by atoms with E-state index in [1.807, 2.05) is 4.57 Å². The second kappa shape index (κ2) is 8.84. The Hall–Kier alpha value is -2.66. The lowest BCUT2D eigenvalue weighted by Gasteiger charge is -2.28. The minimum Gasteiger partial charge on any atom is -0.382 e. The molecule has 1 atom stereocenters. The second-order valence-electron chi connectivity index (χ2n) is 8.96. The third-order valence-corrected chi connectivity index (χ3v) is 7.07. The van der Waals surface area contributed by atoms with E-state index in [1.165, 1.54) is 6.33 Å². The smallest absolute Gasteiger partial charge is 0.242 e. The van der Waals surface area contributed by atoms with E-state index in [1.54, 1.807) is 19.5 Å². The van der Waals surface area contributed by atoms with Crippen LogP contribution in [0.15, 0.2) is 18.7 Å². The van der Waals surface area contributed by atoms with Gasteiger partial charge in [0.1, 0.15) is 17.4 Å². The highest BCUT2D eigenvalue weighted by Gasteiger charge is 2.44. The van der Waals surface area contributed by atoms with Crippen LogP contribution in [0.2, 0.25) is 10.0 Å². The van der Waals surface area contributed by atoms with Crippen molar-refractivity contribution in [3.8, 4) is 0 Å². The number of benzene rings is 1. The van der Waals surface area contributed by atoms with E-state index in [2.05, 4.69) is 25.2 Å². The van der Waals surface area contributed by atoms with Gasteiger partial charge >= 0.3 is 0 Å². The first-order valence-electron chi connectivity index (χ1n) is 11.1. The van der Waals surface area contributed by atoms with Crippen molar-refractivity contribution in [3.05, 3.63) is 39.9 Å². The third-order valence-electron chi connectivity index (χ3n) is 6.45.